The smallest absolute Gasteiger partial charge is 0.254 e. The number of hydrogen-bond donors (Lipinski definition) is 0. The van der Waals surface area contributed by atoms with Crippen molar-refractivity contribution in [1.82, 2.24) is 9.80 Å². The van der Waals surface area contributed by atoms with Crippen LogP contribution in [-0.4, -0.2) is 55.0 Å². The minimum Gasteiger partial charge on any atom is -0.493 e. The number of furan rings is 1. The van der Waals surface area contributed by atoms with E-state index < -0.39 is 0 Å². The van der Waals surface area contributed by atoms with Gasteiger partial charge in [-0.3, -0.25) is 9.59 Å². The Labute approximate surface area is 199 Å². The summed E-state index contributed by atoms with van der Waals surface area (Å²) < 4.78 is 16.2. The van der Waals surface area contributed by atoms with Gasteiger partial charge >= 0.3 is 0 Å². The van der Waals surface area contributed by atoms with Crippen LogP contribution in [0.2, 0.25) is 0 Å². The zero-order valence-electron chi connectivity index (χ0n) is 19.6. The molecule has 0 aliphatic heterocycles. The van der Waals surface area contributed by atoms with Crippen molar-refractivity contribution in [3.05, 3.63) is 83.8 Å². The first-order valence-corrected chi connectivity index (χ1v) is 11.5. The van der Waals surface area contributed by atoms with Gasteiger partial charge in [0.25, 0.3) is 5.91 Å². The quantitative estimate of drug-likeness (QED) is 0.428. The van der Waals surface area contributed by atoms with Crippen molar-refractivity contribution in [3.8, 4) is 11.5 Å². The average Bonchev–Trinajstić information content (AvgIpc) is 3.59. The fraction of sp³-hybridized carbons (Fsp3) is 0.333. The van der Waals surface area contributed by atoms with Crippen molar-refractivity contribution in [2.75, 3.05) is 27.3 Å². The number of nitrogens with zero attached hydrogens (tertiary/aromatic N) is 2. The van der Waals surface area contributed by atoms with Gasteiger partial charge < -0.3 is 23.7 Å². The molecular formula is C27H30N2O5. The molecular weight excluding hydrogens is 432 g/mol. The summed E-state index contributed by atoms with van der Waals surface area (Å²) in [6, 6.07) is 18.7. The highest BCUT2D eigenvalue weighted by atomic mass is 16.5. The molecule has 0 N–H and O–H groups in total. The number of methoxy groups -OCH3 is 2. The summed E-state index contributed by atoms with van der Waals surface area (Å²) >= 11 is 0. The van der Waals surface area contributed by atoms with Crippen LogP contribution in [0.15, 0.2) is 71.3 Å². The molecule has 7 heteroatoms. The van der Waals surface area contributed by atoms with E-state index in [2.05, 4.69) is 0 Å². The Bertz CT molecular complexity index is 1090. The van der Waals surface area contributed by atoms with E-state index in [4.69, 9.17) is 13.9 Å². The van der Waals surface area contributed by atoms with Crippen LogP contribution in [0.1, 0.15) is 34.5 Å². The lowest BCUT2D eigenvalue weighted by molar-refractivity contribution is -0.132. The third-order valence-electron chi connectivity index (χ3n) is 5.97. The van der Waals surface area contributed by atoms with Crippen molar-refractivity contribution in [2.45, 2.75) is 31.8 Å². The molecule has 1 aromatic heterocycles. The summed E-state index contributed by atoms with van der Waals surface area (Å²) in [5.74, 6) is 1.81. The Kier molecular flexibility index (Phi) is 7.52. The molecule has 3 aromatic rings. The SMILES string of the molecule is COc1ccc(CCN(Cc2ccco2)C(=O)CN(C(=O)c2ccccc2)C2CC2)cc1OC. The molecule has 1 heterocycles. The largest absolute Gasteiger partial charge is 0.493 e. The Morgan fingerprint density at radius 2 is 1.74 bits per heavy atom. The van der Waals surface area contributed by atoms with E-state index in [0.29, 0.717) is 42.3 Å². The predicted molar refractivity (Wildman–Crippen MR) is 128 cm³/mol. The van der Waals surface area contributed by atoms with Crippen molar-refractivity contribution >= 4 is 11.8 Å². The number of carbonyl (C=O) groups excluding carboxylic acids is 2. The predicted octanol–water partition coefficient (Wildman–Crippen LogP) is 4.17. The van der Waals surface area contributed by atoms with E-state index in [1.807, 2.05) is 48.5 Å². The molecule has 0 saturated heterocycles. The Morgan fingerprint density at radius 1 is 0.971 bits per heavy atom. The molecule has 4 rings (SSSR count). The summed E-state index contributed by atoms with van der Waals surface area (Å²) in [5, 5.41) is 0. The number of ether oxygens (including phenoxy) is 2. The Balaban J connectivity index is 1.48. The minimum atomic E-state index is -0.104. The zero-order valence-corrected chi connectivity index (χ0v) is 19.6. The van der Waals surface area contributed by atoms with Gasteiger partial charge in [-0.1, -0.05) is 24.3 Å². The van der Waals surface area contributed by atoms with Crippen LogP contribution < -0.4 is 9.47 Å². The third-order valence-corrected chi connectivity index (χ3v) is 5.97. The van der Waals surface area contributed by atoms with E-state index in [1.54, 1.807) is 42.4 Å². The molecule has 0 radical (unpaired) electrons. The topological polar surface area (TPSA) is 72.2 Å². The second-order valence-corrected chi connectivity index (χ2v) is 8.36. The van der Waals surface area contributed by atoms with Crippen LogP contribution in [0.25, 0.3) is 0 Å². The lowest BCUT2D eigenvalue weighted by atomic mass is 10.1. The number of rotatable bonds is 11. The molecule has 7 nitrogen and oxygen atoms in total. The zero-order chi connectivity index (χ0) is 23.9. The first kappa shape index (κ1) is 23.4. The van der Waals surface area contributed by atoms with Crippen LogP contribution >= 0.6 is 0 Å². The normalized spacial score (nSPS) is 12.8. The second-order valence-electron chi connectivity index (χ2n) is 8.36. The standard InChI is InChI=1S/C27H30N2O5/c1-32-24-13-10-20(17-25(24)33-2)14-15-28(18-23-9-6-16-34-23)26(30)19-29(22-11-12-22)27(31)21-7-4-3-5-8-21/h3-10,13,16-17,22H,11-12,14-15,18-19H2,1-2H3. The van der Waals surface area contributed by atoms with E-state index in [1.165, 1.54) is 0 Å². The molecule has 0 bridgehead atoms. The molecule has 1 aliphatic carbocycles. The van der Waals surface area contributed by atoms with Gasteiger partial charge in [0.05, 0.1) is 27.0 Å². The maximum atomic E-state index is 13.4. The van der Waals surface area contributed by atoms with Gasteiger partial charge in [0.1, 0.15) is 12.3 Å². The molecule has 0 spiro atoms. The van der Waals surface area contributed by atoms with Gasteiger partial charge in [0.2, 0.25) is 5.91 Å². The van der Waals surface area contributed by atoms with E-state index in [-0.39, 0.29) is 24.4 Å². The molecule has 2 amide bonds. The van der Waals surface area contributed by atoms with Gasteiger partial charge in [0, 0.05) is 18.2 Å². The Hall–Kier alpha value is -3.74. The average molecular weight is 463 g/mol. The summed E-state index contributed by atoms with van der Waals surface area (Å²) in [7, 11) is 3.20. The van der Waals surface area contributed by atoms with Crippen molar-refractivity contribution in [2.24, 2.45) is 0 Å². The number of amides is 2. The number of hydrogen-bond acceptors (Lipinski definition) is 5. The molecule has 0 atom stereocenters. The lowest BCUT2D eigenvalue weighted by Crippen LogP contribution is -2.44. The fourth-order valence-electron chi connectivity index (χ4n) is 3.93. The van der Waals surface area contributed by atoms with Crippen molar-refractivity contribution in [3.63, 3.8) is 0 Å². The number of carbonyl (C=O) groups is 2. The summed E-state index contributed by atoms with van der Waals surface area (Å²) in [6.45, 7) is 0.870. The fourth-order valence-corrected chi connectivity index (χ4v) is 3.93. The van der Waals surface area contributed by atoms with Crippen molar-refractivity contribution < 1.29 is 23.5 Å². The van der Waals surface area contributed by atoms with Crippen LogP contribution in [-0.2, 0) is 17.8 Å². The van der Waals surface area contributed by atoms with Crippen LogP contribution in [0, 0.1) is 0 Å². The van der Waals surface area contributed by atoms with Crippen molar-refractivity contribution in [1.29, 1.82) is 0 Å². The molecule has 178 valence electrons. The highest BCUT2D eigenvalue weighted by molar-refractivity contribution is 5.96. The van der Waals surface area contributed by atoms with Crippen LogP contribution in [0.5, 0.6) is 11.5 Å². The second kappa shape index (κ2) is 10.9. The minimum absolute atomic E-state index is 0.0467. The van der Waals surface area contributed by atoms with Crippen LogP contribution in [0.3, 0.4) is 0 Å². The van der Waals surface area contributed by atoms with Gasteiger partial charge in [-0.15, -0.1) is 0 Å². The summed E-state index contributed by atoms with van der Waals surface area (Å²) in [5.41, 5.74) is 1.62. The lowest BCUT2D eigenvalue weighted by Gasteiger charge is -2.27. The van der Waals surface area contributed by atoms with Crippen LogP contribution in [0.4, 0.5) is 0 Å². The first-order chi connectivity index (χ1) is 16.6. The maximum absolute atomic E-state index is 13.4. The molecule has 0 unspecified atom stereocenters. The number of benzene rings is 2. The first-order valence-electron chi connectivity index (χ1n) is 11.5. The van der Waals surface area contributed by atoms with Gasteiger partial charge in [-0.25, -0.2) is 0 Å². The molecule has 1 aliphatic rings. The van der Waals surface area contributed by atoms with Gasteiger partial charge in [0.15, 0.2) is 11.5 Å². The maximum Gasteiger partial charge on any atom is 0.254 e. The monoisotopic (exact) mass is 462 g/mol. The van der Waals surface area contributed by atoms with E-state index >= 15 is 0 Å². The van der Waals surface area contributed by atoms with E-state index in [9.17, 15) is 9.59 Å². The van der Waals surface area contributed by atoms with E-state index in [0.717, 1.165) is 18.4 Å². The molecule has 1 fully saturated rings. The molecule has 34 heavy (non-hydrogen) atoms. The molecule has 1 saturated carbocycles. The van der Waals surface area contributed by atoms with Gasteiger partial charge in [-0.05, 0) is 61.2 Å². The highest BCUT2D eigenvalue weighted by Gasteiger charge is 2.35. The third kappa shape index (κ3) is 5.78. The highest BCUT2D eigenvalue weighted by Crippen LogP contribution is 2.29. The summed E-state index contributed by atoms with van der Waals surface area (Å²) in [6.07, 6.45) is 4.08. The summed E-state index contributed by atoms with van der Waals surface area (Å²) in [4.78, 5) is 30.0. The van der Waals surface area contributed by atoms with Gasteiger partial charge in [-0.2, -0.15) is 0 Å². The Morgan fingerprint density at radius 3 is 2.38 bits per heavy atom. The molecule has 2 aromatic carbocycles.